The summed E-state index contributed by atoms with van der Waals surface area (Å²) in [6, 6.07) is 6.56. The van der Waals surface area contributed by atoms with Crippen molar-refractivity contribution in [1.29, 1.82) is 0 Å². The van der Waals surface area contributed by atoms with E-state index in [9.17, 15) is 14.0 Å². The van der Waals surface area contributed by atoms with Gasteiger partial charge in [-0.1, -0.05) is 12.1 Å². The van der Waals surface area contributed by atoms with Crippen molar-refractivity contribution in [3.63, 3.8) is 0 Å². The first-order chi connectivity index (χ1) is 6.74. The normalized spacial score (nSPS) is 10.6. The number of halogens is 1. The van der Waals surface area contributed by atoms with E-state index in [2.05, 4.69) is 4.98 Å². The molecule has 0 aliphatic heterocycles. The Kier molecular flexibility index (Phi) is 1.92. The molecule has 1 N–H and O–H groups in total. The average Bonchev–Trinajstić information content (AvgIpc) is 2.20. The van der Waals surface area contributed by atoms with Gasteiger partial charge in [0.25, 0.3) is 0 Å². The second-order valence-corrected chi connectivity index (χ2v) is 2.82. The molecule has 0 spiro atoms. The number of aromatic nitrogens is 2. The van der Waals surface area contributed by atoms with Gasteiger partial charge in [0.2, 0.25) is 0 Å². The monoisotopic (exact) mass is 194 g/mol. The molecule has 1 aromatic heterocycles. The summed E-state index contributed by atoms with van der Waals surface area (Å²) in [7, 11) is 0. The minimum Gasteiger partial charge on any atom is -0.316 e. The van der Waals surface area contributed by atoms with Crippen LogP contribution in [0.4, 0.5) is 4.39 Å². The van der Waals surface area contributed by atoms with Crippen LogP contribution in [0.2, 0.25) is 0 Å². The predicted octanol–water partition coefficient (Wildman–Crippen LogP) is 0.617. The van der Waals surface area contributed by atoms with Crippen LogP contribution in [0, 0.1) is 0 Å². The van der Waals surface area contributed by atoms with Gasteiger partial charge in [0.05, 0.1) is 11.0 Å². The first kappa shape index (κ1) is 8.68. The van der Waals surface area contributed by atoms with Crippen LogP contribution in [0.15, 0.2) is 33.9 Å². The van der Waals surface area contributed by atoms with Gasteiger partial charge in [0.15, 0.2) is 6.80 Å². The Morgan fingerprint density at radius 1 is 1.29 bits per heavy atom. The lowest BCUT2D eigenvalue weighted by Gasteiger charge is -2.03. The molecule has 0 fully saturated rings. The van der Waals surface area contributed by atoms with E-state index < -0.39 is 17.9 Å². The van der Waals surface area contributed by atoms with Crippen molar-refractivity contribution in [2.24, 2.45) is 0 Å². The zero-order chi connectivity index (χ0) is 10.1. The summed E-state index contributed by atoms with van der Waals surface area (Å²) in [4.78, 5) is 24.6. The van der Waals surface area contributed by atoms with Crippen molar-refractivity contribution < 1.29 is 4.39 Å². The molecule has 5 heteroatoms. The van der Waals surface area contributed by atoms with Crippen LogP contribution >= 0.6 is 0 Å². The fourth-order valence-corrected chi connectivity index (χ4v) is 1.34. The second kappa shape index (κ2) is 3.10. The molecule has 0 saturated carbocycles. The maximum atomic E-state index is 12.5. The molecule has 14 heavy (non-hydrogen) atoms. The Labute approximate surface area is 77.6 Å². The molecule has 1 aromatic carbocycles. The molecule has 0 saturated heterocycles. The summed E-state index contributed by atoms with van der Waals surface area (Å²) in [6.45, 7) is -0.997. The van der Waals surface area contributed by atoms with Crippen LogP contribution in [0.3, 0.4) is 0 Å². The lowest BCUT2D eigenvalue weighted by atomic mass is 10.3. The highest BCUT2D eigenvalue weighted by Crippen LogP contribution is 2.06. The van der Waals surface area contributed by atoms with E-state index in [1.807, 2.05) is 0 Å². The molecule has 0 aliphatic rings. The highest BCUT2D eigenvalue weighted by atomic mass is 19.1. The number of aromatic amines is 1. The van der Waals surface area contributed by atoms with E-state index in [0.29, 0.717) is 11.0 Å². The number of hydrogen-bond donors (Lipinski definition) is 1. The highest BCUT2D eigenvalue weighted by Gasteiger charge is 2.05. The van der Waals surface area contributed by atoms with E-state index in [-0.39, 0.29) is 0 Å². The Balaban J connectivity index is 3.04. The first-order valence-corrected chi connectivity index (χ1v) is 4.02. The van der Waals surface area contributed by atoms with Crippen LogP contribution in [0.1, 0.15) is 0 Å². The van der Waals surface area contributed by atoms with E-state index in [1.54, 1.807) is 24.3 Å². The van der Waals surface area contributed by atoms with Gasteiger partial charge >= 0.3 is 11.1 Å². The van der Waals surface area contributed by atoms with Gasteiger partial charge < -0.3 is 4.98 Å². The molecule has 0 radical (unpaired) electrons. The number of alkyl halides is 1. The quantitative estimate of drug-likeness (QED) is 0.676. The molecule has 2 aromatic rings. The molecule has 0 aliphatic carbocycles. The van der Waals surface area contributed by atoms with Crippen LogP contribution in [-0.4, -0.2) is 9.55 Å². The molecule has 1 heterocycles. The number of fused-ring (bicyclic) bond motifs is 1. The molecule has 0 atom stereocenters. The summed E-state index contributed by atoms with van der Waals surface area (Å²) in [5.41, 5.74) is -0.832. The van der Waals surface area contributed by atoms with Gasteiger partial charge in [-0.25, -0.2) is 4.39 Å². The largest absolute Gasteiger partial charge is 0.318 e. The lowest BCUT2D eigenvalue weighted by Crippen LogP contribution is -2.35. The third-order valence-electron chi connectivity index (χ3n) is 2.00. The molecule has 0 bridgehead atoms. The highest BCUT2D eigenvalue weighted by molar-refractivity contribution is 5.73. The van der Waals surface area contributed by atoms with Crippen molar-refractivity contribution in [1.82, 2.24) is 9.55 Å². The predicted molar refractivity (Wildman–Crippen MR) is 49.9 cm³/mol. The average molecular weight is 194 g/mol. The van der Waals surface area contributed by atoms with Crippen LogP contribution in [0.5, 0.6) is 0 Å². The maximum absolute atomic E-state index is 12.5. The Bertz CT molecular complexity index is 585. The minimum atomic E-state index is -0.997. The lowest BCUT2D eigenvalue weighted by molar-refractivity contribution is 0.376. The van der Waals surface area contributed by atoms with E-state index in [0.717, 1.165) is 4.57 Å². The van der Waals surface area contributed by atoms with Gasteiger partial charge in [0, 0.05) is 0 Å². The fourth-order valence-electron chi connectivity index (χ4n) is 1.34. The number of para-hydroxylation sites is 2. The zero-order valence-electron chi connectivity index (χ0n) is 7.16. The second-order valence-electron chi connectivity index (χ2n) is 2.82. The molecule has 0 unspecified atom stereocenters. The van der Waals surface area contributed by atoms with Gasteiger partial charge in [0.1, 0.15) is 0 Å². The van der Waals surface area contributed by atoms with Crippen molar-refractivity contribution >= 4 is 11.0 Å². The smallest absolute Gasteiger partial charge is 0.316 e. The van der Waals surface area contributed by atoms with E-state index in [1.165, 1.54) is 0 Å². The topological polar surface area (TPSA) is 54.9 Å². The van der Waals surface area contributed by atoms with Crippen molar-refractivity contribution in [2.45, 2.75) is 6.80 Å². The molecular formula is C9H7FN2O2. The summed E-state index contributed by atoms with van der Waals surface area (Å²) < 4.78 is 13.3. The van der Waals surface area contributed by atoms with Gasteiger partial charge in [-0.15, -0.1) is 0 Å². The summed E-state index contributed by atoms with van der Waals surface area (Å²) in [5.74, 6) is 0. The van der Waals surface area contributed by atoms with Crippen molar-refractivity contribution in [3.05, 3.63) is 45.0 Å². The molecular weight excluding hydrogens is 187 g/mol. The number of benzene rings is 1. The number of nitrogens with zero attached hydrogens (tertiary/aromatic N) is 1. The maximum Gasteiger partial charge on any atom is 0.318 e. The van der Waals surface area contributed by atoms with Crippen molar-refractivity contribution in [2.75, 3.05) is 0 Å². The summed E-state index contributed by atoms with van der Waals surface area (Å²) in [6.07, 6.45) is 0. The molecule has 0 amide bonds. The molecule has 4 nitrogen and oxygen atoms in total. The Hall–Kier alpha value is -1.91. The van der Waals surface area contributed by atoms with Crippen LogP contribution in [0.25, 0.3) is 11.0 Å². The first-order valence-electron chi connectivity index (χ1n) is 4.02. The van der Waals surface area contributed by atoms with Crippen LogP contribution < -0.4 is 11.1 Å². The number of nitrogens with one attached hydrogen (secondary N) is 1. The van der Waals surface area contributed by atoms with Gasteiger partial charge in [-0.2, -0.15) is 0 Å². The summed E-state index contributed by atoms with van der Waals surface area (Å²) in [5, 5.41) is 0. The SMILES string of the molecule is O=c1[nH]c2ccccc2n(CF)c1=O. The number of H-pyrrole nitrogens is 1. The standard InChI is InChI=1S/C9H7FN2O2/c10-5-12-7-4-2-1-3-6(7)11-8(13)9(12)14/h1-4H,5H2,(H,11,13). The van der Waals surface area contributed by atoms with E-state index >= 15 is 0 Å². The van der Waals surface area contributed by atoms with E-state index in [4.69, 9.17) is 0 Å². The van der Waals surface area contributed by atoms with Crippen molar-refractivity contribution in [3.8, 4) is 0 Å². The zero-order valence-corrected chi connectivity index (χ0v) is 7.16. The fraction of sp³-hybridized carbons (Fsp3) is 0.111. The third-order valence-corrected chi connectivity index (χ3v) is 2.00. The Morgan fingerprint density at radius 3 is 2.71 bits per heavy atom. The number of rotatable bonds is 1. The molecule has 72 valence electrons. The van der Waals surface area contributed by atoms with Gasteiger partial charge in [-0.05, 0) is 12.1 Å². The third kappa shape index (κ3) is 1.14. The number of hydrogen-bond acceptors (Lipinski definition) is 2. The minimum absolute atomic E-state index is 0.389. The van der Waals surface area contributed by atoms with Crippen LogP contribution in [-0.2, 0) is 6.80 Å². The Morgan fingerprint density at radius 2 is 2.00 bits per heavy atom. The van der Waals surface area contributed by atoms with Gasteiger partial charge in [-0.3, -0.25) is 14.2 Å². The molecule has 2 rings (SSSR count). The summed E-state index contributed by atoms with van der Waals surface area (Å²) >= 11 is 0.